The largest absolute Gasteiger partial charge is 0.383 e. The Hall–Kier alpha value is -3.23. The number of benzene rings is 1. The topological polar surface area (TPSA) is 126 Å². The lowest BCUT2D eigenvalue weighted by molar-refractivity contribution is -0.384. The van der Waals surface area contributed by atoms with Crippen molar-refractivity contribution in [3.05, 3.63) is 40.6 Å². The molecule has 0 aliphatic heterocycles. The Labute approximate surface area is 118 Å². The maximum Gasteiger partial charge on any atom is 0.269 e. The van der Waals surface area contributed by atoms with Crippen LogP contribution in [-0.2, 0) is 7.05 Å². The molecule has 0 unspecified atom stereocenters. The van der Waals surface area contributed by atoms with E-state index in [0.717, 1.165) is 0 Å². The number of nitrogen functional groups attached to an aromatic ring is 1. The molecule has 0 amide bonds. The highest BCUT2D eigenvalue weighted by atomic mass is 16.6. The summed E-state index contributed by atoms with van der Waals surface area (Å²) >= 11 is 0. The van der Waals surface area contributed by atoms with E-state index in [1.54, 1.807) is 19.2 Å². The number of hydrogen-bond acceptors (Lipinski definition) is 7. The molecule has 0 radical (unpaired) electrons. The summed E-state index contributed by atoms with van der Waals surface area (Å²) in [6.45, 7) is 0. The Balaban J connectivity index is 1.94. The predicted molar refractivity (Wildman–Crippen MR) is 73.0 cm³/mol. The van der Waals surface area contributed by atoms with E-state index in [1.807, 2.05) is 0 Å². The van der Waals surface area contributed by atoms with E-state index in [1.165, 1.54) is 23.0 Å². The van der Waals surface area contributed by atoms with Crippen LogP contribution in [0.15, 0.2) is 35.0 Å². The van der Waals surface area contributed by atoms with Crippen LogP contribution in [0.1, 0.15) is 0 Å². The van der Waals surface area contributed by atoms with Crippen LogP contribution in [0.5, 0.6) is 0 Å². The van der Waals surface area contributed by atoms with Gasteiger partial charge in [0.1, 0.15) is 11.4 Å². The maximum atomic E-state index is 10.6. The summed E-state index contributed by atoms with van der Waals surface area (Å²) in [7, 11) is 1.70. The number of nitrogens with zero attached hydrogens (tertiary/aromatic N) is 5. The summed E-state index contributed by atoms with van der Waals surface area (Å²) in [5, 5.41) is 18.4. The number of rotatable bonds is 3. The summed E-state index contributed by atoms with van der Waals surface area (Å²) in [6, 6.07) is 5.87. The van der Waals surface area contributed by atoms with Gasteiger partial charge in [-0.25, -0.2) is 0 Å². The molecule has 0 fully saturated rings. The second kappa shape index (κ2) is 4.71. The van der Waals surface area contributed by atoms with Crippen LogP contribution in [0.4, 0.5) is 11.5 Å². The van der Waals surface area contributed by atoms with Crippen molar-refractivity contribution in [1.29, 1.82) is 0 Å². The first-order valence-electron chi connectivity index (χ1n) is 5.92. The minimum atomic E-state index is -0.470. The fourth-order valence-electron chi connectivity index (χ4n) is 1.79. The molecule has 9 nitrogen and oxygen atoms in total. The van der Waals surface area contributed by atoms with Gasteiger partial charge in [-0.05, 0) is 12.1 Å². The van der Waals surface area contributed by atoms with E-state index in [-0.39, 0.29) is 11.6 Å². The molecule has 1 aromatic carbocycles. The normalized spacial score (nSPS) is 10.7. The molecule has 2 aromatic heterocycles. The second-order valence-corrected chi connectivity index (χ2v) is 4.29. The zero-order chi connectivity index (χ0) is 15.0. The molecule has 9 heteroatoms. The van der Waals surface area contributed by atoms with Crippen LogP contribution in [0, 0.1) is 10.1 Å². The highest BCUT2D eigenvalue weighted by Gasteiger charge is 2.16. The van der Waals surface area contributed by atoms with Gasteiger partial charge in [0.25, 0.3) is 11.6 Å². The van der Waals surface area contributed by atoms with Gasteiger partial charge in [-0.1, -0.05) is 5.16 Å². The number of aromatic nitrogens is 4. The lowest BCUT2D eigenvalue weighted by Gasteiger charge is -1.94. The van der Waals surface area contributed by atoms with E-state index in [2.05, 4.69) is 15.2 Å². The Morgan fingerprint density at radius 1 is 1.33 bits per heavy atom. The average molecular weight is 286 g/mol. The molecule has 0 atom stereocenters. The van der Waals surface area contributed by atoms with Crippen molar-refractivity contribution < 1.29 is 9.45 Å². The Kier molecular flexibility index (Phi) is 2.87. The highest BCUT2D eigenvalue weighted by Crippen LogP contribution is 2.26. The molecule has 0 spiro atoms. The van der Waals surface area contributed by atoms with Crippen LogP contribution in [0.2, 0.25) is 0 Å². The predicted octanol–water partition coefficient (Wildman–Crippen LogP) is 1.63. The van der Waals surface area contributed by atoms with Gasteiger partial charge in [0.05, 0.1) is 11.1 Å². The van der Waals surface area contributed by atoms with Crippen molar-refractivity contribution in [1.82, 2.24) is 19.9 Å². The van der Waals surface area contributed by atoms with Gasteiger partial charge >= 0.3 is 0 Å². The first-order chi connectivity index (χ1) is 10.1. The standard InChI is InChI=1S/C12H10N6O3/c1-17-10(13)9(6-14-17)12-15-11(16-21-12)7-2-4-8(5-3-7)18(19)20/h2-6H,13H2,1H3. The molecule has 2 heterocycles. The van der Waals surface area contributed by atoms with Crippen molar-refractivity contribution in [2.45, 2.75) is 0 Å². The lowest BCUT2D eigenvalue weighted by atomic mass is 10.2. The molecule has 0 saturated carbocycles. The smallest absolute Gasteiger partial charge is 0.269 e. The number of nitro benzene ring substituents is 1. The van der Waals surface area contributed by atoms with Gasteiger partial charge in [0, 0.05) is 24.7 Å². The third-order valence-electron chi connectivity index (χ3n) is 2.98. The van der Waals surface area contributed by atoms with Gasteiger partial charge in [-0.3, -0.25) is 14.8 Å². The molecular weight excluding hydrogens is 276 g/mol. The fourth-order valence-corrected chi connectivity index (χ4v) is 1.79. The molecule has 3 aromatic rings. The minimum absolute atomic E-state index is 0.000952. The van der Waals surface area contributed by atoms with Crippen LogP contribution >= 0.6 is 0 Å². The van der Waals surface area contributed by atoms with Gasteiger partial charge in [-0.2, -0.15) is 10.1 Å². The van der Waals surface area contributed by atoms with Crippen LogP contribution in [0.25, 0.3) is 22.8 Å². The van der Waals surface area contributed by atoms with Crippen LogP contribution in [-0.4, -0.2) is 24.8 Å². The molecule has 0 aliphatic rings. The summed E-state index contributed by atoms with van der Waals surface area (Å²) in [5.74, 6) is 0.978. The van der Waals surface area contributed by atoms with Gasteiger partial charge in [0.15, 0.2) is 0 Å². The third kappa shape index (κ3) is 2.20. The van der Waals surface area contributed by atoms with Crippen LogP contribution in [0.3, 0.4) is 0 Å². The quantitative estimate of drug-likeness (QED) is 0.572. The Bertz CT molecular complexity index is 805. The molecule has 106 valence electrons. The Morgan fingerprint density at radius 3 is 2.62 bits per heavy atom. The zero-order valence-electron chi connectivity index (χ0n) is 10.9. The van der Waals surface area contributed by atoms with E-state index < -0.39 is 4.92 Å². The number of nitrogens with two attached hydrogens (primary N) is 1. The lowest BCUT2D eigenvalue weighted by Crippen LogP contribution is -1.98. The summed E-state index contributed by atoms with van der Waals surface area (Å²) in [5.41, 5.74) is 6.98. The summed E-state index contributed by atoms with van der Waals surface area (Å²) < 4.78 is 6.64. The number of non-ortho nitro benzene ring substituents is 1. The molecule has 2 N–H and O–H groups in total. The highest BCUT2D eigenvalue weighted by molar-refractivity contribution is 5.68. The SMILES string of the molecule is Cn1ncc(-c2nc(-c3ccc([N+](=O)[O-])cc3)no2)c1N. The second-order valence-electron chi connectivity index (χ2n) is 4.29. The van der Waals surface area contributed by atoms with Crippen LogP contribution < -0.4 is 5.73 Å². The number of nitro groups is 1. The molecule has 0 aliphatic carbocycles. The van der Waals surface area contributed by atoms with Gasteiger partial charge in [-0.15, -0.1) is 0 Å². The monoisotopic (exact) mass is 286 g/mol. The number of aryl methyl sites for hydroxylation is 1. The van der Waals surface area contributed by atoms with Crippen molar-refractivity contribution in [2.24, 2.45) is 7.05 Å². The summed E-state index contributed by atoms with van der Waals surface area (Å²) in [4.78, 5) is 14.4. The van der Waals surface area contributed by atoms with Gasteiger partial charge < -0.3 is 10.3 Å². The number of anilines is 1. The molecular formula is C12H10N6O3. The fraction of sp³-hybridized carbons (Fsp3) is 0.0833. The third-order valence-corrected chi connectivity index (χ3v) is 2.98. The van der Waals surface area contributed by atoms with E-state index in [0.29, 0.717) is 22.8 Å². The minimum Gasteiger partial charge on any atom is -0.383 e. The van der Waals surface area contributed by atoms with E-state index >= 15 is 0 Å². The first-order valence-corrected chi connectivity index (χ1v) is 5.92. The average Bonchev–Trinajstić information content (AvgIpc) is 3.07. The van der Waals surface area contributed by atoms with Gasteiger partial charge in [0.2, 0.25) is 5.82 Å². The molecule has 3 rings (SSSR count). The maximum absolute atomic E-state index is 10.6. The Morgan fingerprint density at radius 2 is 2.05 bits per heavy atom. The summed E-state index contributed by atoms with van der Waals surface area (Å²) in [6.07, 6.45) is 1.53. The van der Waals surface area contributed by atoms with Crippen molar-refractivity contribution >= 4 is 11.5 Å². The van der Waals surface area contributed by atoms with E-state index in [4.69, 9.17) is 10.3 Å². The first kappa shape index (κ1) is 12.8. The molecule has 0 saturated heterocycles. The van der Waals surface area contributed by atoms with E-state index in [9.17, 15) is 10.1 Å². The van der Waals surface area contributed by atoms with Crippen molar-refractivity contribution in [3.8, 4) is 22.8 Å². The van der Waals surface area contributed by atoms with Crippen molar-refractivity contribution in [3.63, 3.8) is 0 Å². The molecule has 21 heavy (non-hydrogen) atoms. The van der Waals surface area contributed by atoms with Crippen molar-refractivity contribution in [2.75, 3.05) is 5.73 Å². The number of hydrogen-bond donors (Lipinski definition) is 1. The zero-order valence-corrected chi connectivity index (χ0v) is 10.9. The molecule has 0 bridgehead atoms.